The van der Waals surface area contributed by atoms with Crippen LogP contribution in [0.4, 0.5) is 5.69 Å². The van der Waals surface area contributed by atoms with Crippen LogP contribution < -0.4 is 4.72 Å². The van der Waals surface area contributed by atoms with Crippen molar-refractivity contribution in [1.29, 1.82) is 0 Å². The van der Waals surface area contributed by atoms with Crippen LogP contribution in [0, 0.1) is 17.0 Å². The first-order valence-corrected chi connectivity index (χ1v) is 6.61. The summed E-state index contributed by atoms with van der Waals surface area (Å²) in [6, 6.07) is 3.87. The van der Waals surface area contributed by atoms with Crippen molar-refractivity contribution in [3.05, 3.63) is 33.9 Å². The van der Waals surface area contributed by atoms with E-state index in [4.69, 9.17) is 0 Å². The molecule has 0 aliphatic rings. The molecule has 1 aromatic rings. The Labute approximate surface area is 99.9 Å². The van der Waals surface area contributed by atoms with Crippen LogP contribution in [0.1, 0.15) is 18.9 Å². The highest BCUT2D eigenvalue weighted by Crippen LogP contribution is 2.21. The molecule has 0 aromatic heterocycles. The van der Waals surface area contributed by atoms with E-state index in [1.807, 2.05) is 6.92 Å². The predicted octanol–water partition coefficient (Wildman–Crippen LogP) is 1.59. The molecular formula is C10H14N2O4S. The summed E-state index contributed by atoms with van der Waals surface area (Å²) in [5.74, 6) is 0. The maximum Gasteiger partial charge on any atom is 0.273 e. The Morgan fingerprint density at radius 2 is 2.06 bits per heavy atom. The van der Waals surface area contributed by atoms with Crippen LogP contribution in [0.25, 0.3) is 0 Å². The summed E-state index contributed by atoms with van der Waals surface area (Å²) in [6.45, 7) is 3.71. The van der Waals surface area contributed by atoms with Crippen molar-refractivity contribution in [2.45, 2.75) is 25.2 Å². The molecule has 6 nitrogen and oxygen atoms in total. The maximum atomic E-state index is 11.7. The average molecular weight is 258 g/mol. The van der Waals surface area contributed by atoms with Gasteiger partial charge in [-0.05, 0) is 19.4 Å². The molecule has 0 aliphatic heterocycles. The molecule has 0 atom stereocenters. The van der Waals surface area contributed by atoms with Gasteiger partial charge >= 0.3 is 0 Å². The van der Waals surface area contributed by atoms with Crippen molar-refractivity contribution < 1.29 is 13.3 Å². The van der Waals surface area contributed by atoms with Crippen LogP contribution in [-0.4, -0.2) is 19.9 Å². The second-order valence-electron chi connectivity index (χ2n) is 3.60. The fourth-order valence-electron chi connectivity index (χ4n) is 1.27. The molecule has 0 amide bonds. The van der Waals surface area contributed by atoms with Gasteiger partial charge in [-0.1, -0.05) is 13.0 Å². The Morgan fingerprint density at radius 3 is 2.59 bits per heavy atom. The lowest BCUT2D eigenvalue weighted by Crippen LogP contribution is -2.24. The number of sulfonamides is 1. The Morgan fingerprint density at radius 1 is 1.41 bits per heavy atom. The van der Waals surface area contributed by atoms with Crippen LogP contribution >= 0.6 is 0 Å². The number of rotatable bonds is 5. The second kappa shape index (κ2) is 5.24. The molecule has 0 spiro atoms. The van der Waals surface area contributed by atoms with Gasteiger partial charge in [0, 0.05) is 18.2 Å². The van der Waals surface area contributed by atoms with Gasteiger partial charge in [-0.25, -0.2) is 13.1 Å². The van der Waals surface area contributed by atoms with Gasteiger partial charge in [0.15, 0.2) is 0 Å². The molecule has 0 aliphatic carbocycles. The van der Waals surface area contributed by atoms with E-state index in [0.29, 0.717) is 18.5 Å². The van der Waals surface area contributed by atoms with E-state index in [2.05, 4.69) is 4.72 Å². The summed E-state index contributed by atoms with van der Waals surface area (Å²) in [5, 5.41) is 10.7. The van der Waals surface area contributed by atoms with Crippen molar-refractivity contribution in [2.24, 2.45) is 0 Å². The van der Waals surface area contributed by atoms with E-state index in [0.717, 1.165) is 6.07 Å². The van der Waals surface area contributed by atoms with Crippen molar-refractivity contribution in [3.63, 3.8) is 0 Å². The SMILES string of the molecule is CCCNS(=O)(=O)c1ccc(C)c([N+](=O)[O-])c1. The highest BCUT2D eigenvalue weighted by atomic mass is 32.2. The van der Waals surface area contributed by atoms with Gasteiger partial charge in [-0.3, -0.25) is 10.1 Å². The summed E-state index contributed by atoms with van der Waals surface area (Å²) in [4.78, 5) is 10.0. The molecule has 0 saturated carbocycles. The Bertz CT molecular complexity index is 525. The fourth-order valence-corrected chi connectivity index (χ4v) is 2.43. The maximum absolute atomic E-state index is 11.7. The number of nitrogens with zero attached hydrogens (tertiary/aromatic N) is 1. The molecule has 1 rings (SSSR count). The first kappa shape index (κ1) is 13.6. The van der Waals surface area contributed by atoms with E-state index < -0.39 is 14.9 Å². The van der Waals surface area contributed by atoms with E-state index in [-0.39, 0.29) is 10.6 Å². The monoisotopic (exact) mass is 258 g/mol. The van der Waals surface area contributed by atoms with Crippen LogP contribution in [0.15, 0.2) is 23.1 Å². The number of hydrogen-bond donors (Lipinski definition) is 1. The summed E-state index contributed by atoms with van der Waals surface area (Å²) < 4.78 is 25.8. The van der Waals surface area contributed by atoms with Gasteiger partial charge in [0.1, 0.15) is 0 Å². The van der Waals surface area contributed by atoms with Gasteiger partial charge in [0.05, 0.1) is 9.82 Å². The minimum Gasteiger partial charge on any atom is -0.258 e. The van der Waals surface area contributed by atoms with E-state index >= 15 is 0 Å². The minimum atomic E-state index is -3.65. The van der Waals surface area contributed by atoms with Gasteiger partial charge < -0.3 is 0 Å². The highest BCUT2D eigenvalue weighted by Gasteiger charge is 2.18. The van der Waals surface area contributed by atoms with Crippen molar-refractivity contribution in [3.8, 4) is 0 Å². The van der Waals surface area contributed by atoms with Crippen molar-refractivity contribution >= 4 is 15.7 Å². The molecule has 94 valence electrons. The number of nitro groups is 1. The molecule has 0 fully saturated rings. The van der Waals surface area contributed by atoms with Crippen LogP contribution in [0.3, 0.4) is 0 Å². The summed E-state index contributed by atoms with van der Waals surface area (Å²) in [5.41, 5.74) is 0.244. The molecule has 0 bridgehead atoms. The average Bonchev–Trinajstić information content (AvgIpc) is 2.26. The third-order valence-corrected chi connectivity index (χ3v) is 3.69. The van der Waals surface area contributed by atoms with Gasteiger partial charge in [0.25, 0.3) is 5.69 Å². The number of nitro benzene ring substituents is 1. The molecule has 0 heterocycles. The van der Waals surface area contributed by atoms with Gasteiger partial charge in [0.2, 0.25) is 10.0 Å². The lowest BCUT2D eigenvalue weighted by Gasteiger charge is -2.06. The van der Waals surface area contributed by atoms with Crippen molar-refractivity contribution in [2.75, 3.05) is 6.54 Å². The normalized spacial score (nSPS) is 11.4. The predicted molar refractivity (Wildman–Crippen MR) is 63.3 cm³/mol. The molecule has 1 aromatic carbocycles. The Kier molecular flexibility index (Phi) is 4.19. The highest BCUT2D eigenvalue weighted by molar-refractivity contribution is 7.89. The number of aryl methyl sites for hydroxylation is 1. The molecular weight excluding hydrogens is 244 g/mol. The topological polar surface area (TPSA) is 89.3 Å². The zero-order valence-corrected chi connectivity index (χ0v) is 10.5. The molecule has 7 heteroatoms. The molecule has 0 radical (unpaired) electrons. The Balaban J connectivity index is 3.16. The summed E-state index contributed by atoms with van der Waals surface area (Å²) in [6.07, 6.45) is 0.660. The largest absolute Gasteiger partial charge is 0.273 e. The number of hydrogen-bond acceptors (Lipinski definition) is 4. The van der Waals surface area contributed by atoms with Gasteiger partial charge in [-0.15, -0.1) is 0 Å². The third-order valence-electron chi connectivity index (χ3n) is 2.23. The zero-order chi connectivity index (χ0) is 13.1. The van der Waals surface area contributed by atoms with Crippen LogP contribution in [0.5, 0.6) is 0 Å². The first-order chi connectivity index (χ1) is 7.88. The zero-order valence-electron chi connectivity index (χ0n) is 9.63. The number of benzene rings is 1. The fraction of sp³-hybridized carbons (Fsp3) is 0.400. The summed E-state index contributed by atoms with van der Waals surface area (Å²) in [7, 11) is -3.65. The van der Waals surface area contributed by atoms with Crippen LogP contribution in [0.2, 0.25) is 0 Å². The molecule has 17 heavy (non-hydrogen) atoms. The molecule has 0 unspecified atom stereocenters. The number of nitrogens with one attached hydrogen (secondary N) is 1. The molecule has 0 saturated heterocycles. The quantitative estimate of drug-likeness (QED) is 0.641. The first-order valence-electron chi connectivity index (χ1n) is 5.13. The second-order valence-corrected chi connectivity index (χ2v) is 5.37. The van der Waals surface area contributed by atoms with E-state index in [9.17, 15) is 18.5 Å². The lowest BCUT2D eigenvalue weighted by atomic mass is 10.2. The van der Waals surface area contributed by atoms with E-state index in [1.165, 1.54) is 12.1 Å². The lowest BCUT2D eigenvalue weighted by molar-refractivity contribution is -0.385. The molecule has 1 N–H and O–H groups in total. The summed E-state index contributed by atoms with van der Waals surface area (Å²) >= 11 is 0. The third kappa shape index (κ3) is 3.24. The van der Waals surface area contributed by atoms with Crippen molar-refractivity contribution in [1.82, 2.24) is 4.72 Å². The van der Waals surface area contributed by atoms with Crippen LogP contribution in [-0.2, 0) is 10.0 Å². The smallest absolute Gasteiger partial charge is 0.258 e. The van der Waals surface area contributed by atoms with Gasteiger partial charge in [-0.2, -0.15) is 0 Å². The minimum absolute atomic E-state index is 0.0803. The van der Waals surface area contributed by atoms with E-state index in [1.54, 1.807) is 6.92 Å². The standard InChI is InChI=1S/C10H14N2O4S/c1-3-6-11-17(15,16)9-5-4-8(2)10(7-9)12(13)14/h4-5,7,11H,3,6H2,1-2H3. The Hall–Kier alpha value is -1.47.